The van der Waals surface area contributed by atoms with Gasteiger partial charge in [-0.1, -0.05) is 91.5 Å². The van der Waals surface area contributed by atoms with Crippen LogP contribution >= 0.6 is 0 Å². The third kappa shape index (κ3) is 18.9. The molecule has 74 heavy (non-hydrogen) atoms. The third-order valence-electron chi connectivity index (χ3n) is 15.0. The lowest BCUT2D eigenvalue weighted by atomic mass is 9.85. The van der Waals surface area contributed by atoms with Crippen LogP contribution in [0.5, 0.6) is 11.5 Å². The van der Waals surface area contributed by atoms with Gasteiger partial charge in [-0.05, 0) is 126 Å². The van der Waals surface area contributed by atoms with Gasteiger partial charge in [0.2, 0.25) is 35.4 Å². The molecule has 0 unspecified atom stereocenters. The van der Waals surface area contributed by atoms with Crippen molar-refractivity contribution in [3.63, 3.8) is 0 Å². The molecule has 0 saturated carbocycles. The van der Waals surface area contributed by atoms with Crippen LogP contribution in [0.1, 0.15) is 144 Å². The Labute approximate surface area is 444 Å². The van der Waals surface area contributed by atoms with Gasteiger partial charge >= 0.3 is 0 Å². The lowest BCUT2D eigenvalue weighted by molar-refractivity contribution is -0.142. The van der Waals surface area contributed by atoms with Crippen molar-refractivity contribution >= 4 is 35.4 Å². The van der Waals surface area contributed by atoms with Crippen LogP contribution in [0.2, 0.25) is 0 Å². The number of hydrogen-bond donors (Lipinski definition) is 4. The highest BCUT2D eigenvalue weighted by Crippen LogP contribution is 2.29. The number of methoxy groups -OCH3 is 2. The summed E-state index contributed by atoms with van der Waals surface area (Å²) in [6, 6.07) is 13.2. The van der Waals surface area contributed by atoms with Crippen LogP contribution in [0.15, 0.2) is 48.5 Å². The van der Waals surface area contributed by atoms with E-state index in [1.54, 1.807) is 42.2 Å². The molecular weight excluding hydrogens is 937 g/mol. The van der Waals surface area contributed by atoms with Gasteiger partial charge < -0.3 is 50.3 Å². The minimum absolute atomic E-state index is 0.0752. The van der Waals surface area contributed by atoms with E-state index in [9.17, 15) is 28.8 Å². The van der Waals surface area contributed by atoms with E-state index in [2.05, 4.69) is 21.3 Å². The lowest BCUT2D eigenvalue weighted by Crippen LogP contribution is -2.59. The van der Waals surface area contributed by atoms with Crippen molar-refractivity contribution in [3.8, 4) is 11.5 Å². The van der Waals surface area contributed by atoms with Crippen LogP contribution in [-0.2, 0) is 41.6 Å². The number of amides is 6. The van der Waals surface area contributed by atoms with Crippen molar-refractivity contribution in [2.45, 2.75) is 182 Å². The molecule has 16 nitrogen and oxygen atoms in total. The van der Waals surface area contributed by atoms with Crippen molar-refractivity contribution in [3.05, 3.63) is 59.7 Å². The number of carbonyl (C=O) groups is 6. The Morgan fingerprint density at radius 2 is 0.905 bits per heavy atom. The molecule has 2 saturated heterocycles. The summed E-state index contributed by atoms with van der Waals surface area (Å²) in [5.74, 6) is 1.03. The summed E-state index contributed by atoms with van der Waals surface area (Å²) < 4.78 is 10.7. The van der Waals surface area contributed by atoms with E-state index in [1.807, 2.05) is 110 Å². The van der Waals surface area contributed by atoms with E-state index in [0.717, 1.165) is 86.8 Å². The van der Waals surface area contributed by atoms with Crippen LogP contribution in [-0.4, -0.2) is 159 Å². The van der Waals surface area contributed by atoms with Crippen LogP contribution in [0, 0.1) is 10.8 Å². The van der Waals surface area contributed by atoms with E-state index >= 15 is 0 Å². The summed E-state index contributed by atoms with van der Waals surface area (Å²) in [5.41, 5.74) is 1.16. The molecule has 0 spiro atoms. The van der Waals surface area contributed by atoms with Gasteiger partial charge in [0.15, 0.2) is 0 Å². The zero-order chi connectivity index (χ0) is 54.6. The van der Waals surface area contributed by atoms with Gasteiger partial charge in [-0.2, -0.15) is 0 Å². The molecule has 0 bridgehead atoms. The van der Waals surface area contributed by atoms with Crippen LogP contribution in [0.25, 0.3) is 0 Å². The van der Waals surface area contributed by atoms with Crippen molar-refractivity contribution in [2.24, 2.45) is 10.8 Å². The Kier molecular flexibility index (Phi) is 24.7. The maximum atomic E-state index is 14.3. The van der Waals surface area contributed by atoms with E-state index in [0.29, 0.717) is 65.0 Å². The fourth-order valence-electron chi connectivity index (χ4n) is 9.89. The number of nitrogens with zero attached hydrogens (tertiary/aromatic N) is 4. The smallest absolute Gasteiger partial charge is 0.246 e. The van der Waals surface area contributed by atoms with E-state index < -0.39 is 35.0 Å². The zero-order valence-corrected chi connectivity index (χ0v) is 47.3. The summed E-state index contributed by atoms with van der Waals surface area (Å²) >= 11 is 0. The van der Waals surface area contributed by atoms with Gasteiger partial charge in [0, 0.05) is 64.2 Å². The van der Waals surface area contributed by atoms with E-state index in [1.165, 1.54) is 0 Å². The molecule has 4 rings (SSSR count). The first-order valence-electron chi connectivity index (χ1n) is 27.5. The predicted octanol–water partition coefficient (Wildman–Crippen LogP) is 6.53. The fraction of sp³-hybridized carbons (Fsp3) is 0.690. The van der Waals surface area contributed by atoms with Crippen LogP contribution < -0.4 is 30.7 Å². The van der Waals surface area contributed by atoms with Crippen molar-refractivity contribution in [1.82, 2.24) is 40.9 Å². The van der Waals surface area contributed by atoms with Crippen molar-refractivity contribution in [2.75, 3.05) is 67.6 Å². The second-order valence-corrected chi connectivity index (χ2v) is 22.8. The van der Waals surface area contributed by atoms with Gasteiger partial charge in [-0.3, -0.25) is 28.8 Å². The molecule has 414 valence electrons. The van der Waals surface area contributed by atoms with Crippen LogP contribution in [0.3, 0.4) is 0 Å². The summed E-state index contributed by atoms with van der Waals surface area (Å²) in [7, 11) is 6.72. The molecule has 0 radical (unpaired) electrons. The predicted molar refractivity (Wildman–Crippen MR) is 293 cm³/mol. The van der Waals surface area contributed by atoms with Gasteiger partial charge in [0.1, 0.15) is 23.6 Å². The Bertz CT molecular complexity index is 1940. The first-order chi connectivity index (χ1) is 35.1. The van der Waals surface area contributed by atoms with Gasteiger partial charge in [-0.25, -0.2) is 0 Å². The number of hydrogen-bond acceptors (Lipinski definition) is 10. The van der Waals surface area contributed by atoms with Crippen molar-refractivity contribution < 1.29 is 38.2 Å². The van der Waals surface area contributed by atoms with Gasteiger partial charge in [0.05, 0.1) is 26.3 Å². The maximum Gasteiger partial charge on any atom is 0.246 e. The number of rotatable bonds is 29. The number of likely N-dealkylation sites (tertiary alicyclic amines) is 2. The Balaban J connectivity index is 1.34. The minimum Gasteiger partial charge on any atom is -0.497 e. The highest BCUT2D eigenvalue weighted by atomic mass is 16.5. The molecule has 2 aromatic carbocycles. The number of ether oxygens (including phenoxy) is 2. The number of nitrogens with one attached hydrogen (secondary N) is 4. The molecule has 2 fully saturated rings. The first kappa shape index (κ1) is 61.3. The van der Waals surface area contributed by atoms with Crippen LogP contribution in [0.4, 0.5) is 0 Å². The summed E-state index contributed by atoms with van der Waals surface area (Å²) in [5, 5.41) is 12.0. The zero-order valence-electron chi connectivity index (χ0n) is 47.3. The summed E-state index contributed by atoms with van der Waals surface area (Å²) in [4.78, 5) is 90.4. The molecule has 2 aliphatic heterocycles. The SMILES string of the molecule is CN[C@@H](C)C(=O)N[C@H](C(=O)N1CCC[C@H]1CN(CCc1ccc(OC)cc1)C(=O)CCCCCCCCC(=O)N(CCc1ccc(OC)cc1)C[C@@H]1CCCN1C(=O)[C@@H](NC(=O)[C@H](C)NC)C(C)(C)C)C(C)(C)C. The van der Waals surface area contributed by atoms with Crippen molar-refractivity contribution in [1.29, 1.82) is 0 Å². The first-order valence-corrected chi connectivity index (χ1v) is 27.5. The monoisotopic (exact) mass is 1030 g/mol. The largest absolute Gasteiger partial charge is 0.497 e. The molecule has 6 atom stereocenters. The van der Waals surface area contributed by atoms with E-state index in [-0.39, 0.29) is 47.5 Å². The molecule has 2 aromatic rings. The lowest BCUT2D eigenvalue weighted by Gasteiger charge is -2.37. The highest BCUT2D eigenvalue weighted by Gasteiger charge is 2.42. The second-order valence-electron chi connectivity index (χ2n) is 22.8. The third-order valence-corrected chi connectivity index (χ3v) is 15.0. The minimum atomic E-state index is -0.709. The van der Waals surface area contributed by atoms with E-state index in [4.69, 9.17) is 9.47 Å². The maximum absolute atomic E-state index is 14.3. The number of carbonyl (C=O) groups excluding carboxylic acids is 6. The molecule has 16 heteroatoms. The Morgan fingerprint density at radius 3 is 1.22 bits per heavy atom. The summed E-state index contributed by atoms with van der Waals surface area (Å²) in [6.45, 7) is 18.4. The van der Waals surface area contributed by atoms with Gasteiger partial charge in [-0.15, -0.1) is 0 Å². The molecule has 0 aliphatic carbocycles. The summed E-state index contributed by atoms with van der Waals surface area (Å²) in [6.07, 6.45) is 10.6. The fourth-order valence-corrected chi connectivity index (χ4v) is 9.89. The molecule has 6 amide bonds. The Morgan fingerprint density at radius 1 is 0.568 bits per heavy atom. The number of likely N-dealkylation sites (N-methyl/N-ethyl adjacent to an activating group) is 2. The molecule has 2 heterocycles. The molecular formula is C58H94N8O8. The molecule has 2 aliphatic rings. The normalized spacial score (nSPS) is 17.5. The highest BCUT2D eigenvalue weighted by molar-refractivity contribution is 5.91. The number of benzene rings is 2. The average Bonchev–Trinajstić information content (AvgIpc) is 4.06. The van der Waals surface area contributed by atoms with Gasteiger partial charge in [0.25, 0.3) is 0 Å². The second kappa shape index (κ2) is 29.8. The topological polar surface area (TPSA) is 182 Å². The average molecular weight is 1030 g/mol. The quantitative estimate of drug-likeness (QED) is 0.0655. The Hall–Kier alpha value is -5.22. The standard InChI is InChI=1S/C58H94N8O8/c1-41(59-9)53(69)61-51(57(3,4)5)55(71)65-35-19-21-45(65)39-63(37-33-43-25-29-47(73-11)30-26-43)49(67)23-17-15-13-14-16-18-24-50(68)64(38-34-44-27-31-48(74-12)32-28-44)40-46-22-20-36-66(46)56(72)52(58(6,7)8)62-54(70)42(2)60-10/h25-32,41-42,45-46,51-52,59-60H,13-24,33-40H2,1-12H3,(H,61,69)(H,62,70)/t41-,42-,45-,46-,51+,52+/m0/s1. The number of unbranched alkanes of at least 4 members (excludes halogenated alkanes) is 5. The molecule has 4 N–H and O–H groups in total. The molecule has 0 aromatic heterocycles.